The molecule has 4 aliphatic heterocycles. The molecule has 15 rings (SSSR count). The summed E-state index contributed by atoms with van der Waals surface area (Å²) in [6.07, 6.45) is 50.6. The van der Waals surface area contributed by atoms with Crippen LogP contribution in [-0.4, -0.2) is 78.9 Å². The summed E-state index contributed by atoms with van der Waals surface area (Å²) in [6.45, 7) is 18.9. The number of fused-ring (bicyclic) bond motifs is 7. The lowest BCUT2D eigenvalue weighted by molar-refractivity contribution is -0.122. The van der Waals surface area contributed by atoms with E-state index in [9.17, 15) is 9.59 Å². The van der Waals surface area contributed by atoms with E-state index in [0.717, 1.165) is 165 Å². The molecule has 0 spiro atoms. The number of unbranched alkanes of at least 4 members (excludes halogenated alkanes) is 26. The highest BCUT2D eigenvalue weighted by Crippen LogP contribution is 2.58. The first kappa shape index (κ1) is 96.1. The van der Waals surface area contributed by atoms with Gasteiger partial charge < -0.3 is 0 Å². The van der Waals surface area contributed by atoms with Gasteiger partial charge in [0.1, 0.15) is 72.6 Å². The molecular formula is C98H120Cl2N10O2S13Si. The number of nitrogens with zero attached hydrogens (tertiary/aromatic N) is 10. The van der Waals surface area contributed by atoms with Crippen molar-refractivity contribution in [2.45, 2.75) is 311 Å². The van der Waals surface area contributed by atoms with Crippen molar-refractivity contribution in [1.82, 2.24) is 37.3 Å². The smallest absolute Gasteiger partial charge is 0.266 e. The Labute approximate surface area is 813 Å². The van der Waals surface area contributed by atoms with Crippen molar-refractivity contribution in [2.75, 3.05) is 13.1 Å². The van der Waals surface area contributed by atoms with E-state index in [0.29, 0.717) is 43.4 Å². The molecule has 2 saturated heterocycles. The lowest BCUT2D eigenvalue weighted by atomic mass is 9.91. The monoisotopic (exact) mass is 1980 g/mol. The van der Waals surface area contributed by atoms with Crippen LogP contribution in [0.25, 0.3) is 118 Å². The lowest BCUT2D eigenvalue weighted by Crippen LogP contribution is -2.54. The number of likely N-dealkylation sites (N-methyl/N-ethyl adjacent to an activating group) is 2. The molecule has 2 unspecified atom stereocenters. The molecule has 28 heteroatoms. The number of thioether (sulfide) groups is 2. The third kappa shape index (κ3) is 21.8. The Hall–Kier alpha value is -4.46. The topological polar surface area (TPSA) is 143 Å². The van der Waals surface area contributed by atoms with Gasteiger partial charge in [-0.2, -0.15) is 26.2 Å². The molecule has 9 aromatic heterocycles. The van der Waals surface area contributed by atoms with Crippen LogP contribution in [0.15, 0.2) is 67.1 Å². The van der Waals surface area contributed by atoms with E-state index >= 15 is 0 Å². The number of thiophene rings is 6. The van der Waals surface area contributed by atoms with E-state index in [2.05, 4.69) is 90.1 Å². The molecule has 0 radical (unpaired) electrons. The van der Waals surface area contributed by atoms with Crippen molar-refractivity contribution in [2.24, 2.45) is 20.6 Å². The zero-order valence-corrected chi connectivity index (χ0v) is 87.6. The Morgan fingerprint density at radius 3 is 1.12 bits per heavy atom. The van der Waals surface area contributed by atoms with Crippen LogP contribution in [0.3, 0.4) is 0 Å². The Kier molecular flexibility index (Phi) is 35.4. The number of carbonyl (C=O) groups excluding carboxylic acids is 2. The molecule has 0 aliphatic carbocycles. The average molecular weight is 1990 g/mol. The van der Waals surface area contributed by atoms with Crippen LogP contribution in [0.4, 0.5) is 11.4 Å². The van der Waals surface area contributed by atoms with Crippen molar-refractivity contribution in [3.63, 3.8) is 0 Å². The molecule has 2 fully saturated rings. The first-order valence-electron chi connectivity index (χ1n) is 47.1. The molecule has 2 aromatic carbocycles. The second-order valence-electron chi connectivity index (χ2n) is 34.8. The van der Waals surface area contributed by atoms with Crippen molar-refractivity contribution in [1.29, 1.82) is 0 Å². The normalized spacial score (nSPS) is 15.5. The maximum Gasteiger partial charge on any atom is 0.266 e. The van der Waals surface area contributed by atoms with Gasteiger partial charge in [0.25, 0.3) is 11.8 Å². The summed E-state index contributed by atoms with van der Waals surface area (Å²) in [5.41, 5.74) is 11.9. The van der Waals surface area contributed by atoms with Gasteiger partial charge in [-0.25, -0.2) is 9.97 Å². The van der Waals surface area contributed by atoms with Crippen LogP contribution in [0.1, 0.15) is 306 Å². The van der Waals surface area contributed by atoms with Crippen LogP contribution in [0, 0.1) is 11.8 Å². The molecule has 0 saturated carbocycles. The van der Waals surface area contributed by atoms with Crippen LogP contribution in [0.2, 0.25) is 22.1 Å². The summed E-state index contributed by atoms with van der Waals surface area (Å²) in [4.78, 5) is 58.1. The highest BCUT2D eigenvalue weighted by molar-refractivity contribution is 8.27. The fraction of sp³-hybridized carbons (Fsp3) is 0.531. The molecule has 670 valence electrons. The molecule has 2 amide bonds. The second kappa shape index (κ2) is 46.5. The Balaban J connectivity index is 0.932. The van der Waals surface area contributed by atoms with E-state index in [1.54, 1.807) is 37.7 Å². The standard InChI is InChI=1S/C98H120Cl2N10O2S13Si/c1-9-17-23-29-33-39-45-61(43-37-27-21-13-5)53-69-65(99)57-73(117-69)83-84(74-58-66(100)70(118-74)54-62(44-38-28-22-14-6)46-40-34-30-24-18-10-2)102-86-81(90-87(103-123-106-90)79(85(86)101-83)67-49-47-63(115-67)55-75-95(111)109(15-7)97(113)121-75)71-59-77-93(119-71)94-78(126(77,51-41-35-31-25-19-11-3)52-42-36-32-26-20-12-4)60-72(120-94)82-91-88(104-124-107-91)80(89-92(82)108-125-105-89)68-50-48-64(116-68)56-76-96(112)110(16-8)98(114)122-76/h47-50,55-62H,9-46,51-54H2,1-8H3/b75-55+,76-56+. The lowest BCUT2D eigenvalue weighted by Gasteiger charge is -2.29. The minimum Gasteiger partial charge on any atom is -0.293 e. The number of hydrogen-bond donors (Lipinski definition) is 0. The minimum atomic E-state index is -2.67. The third-order valence-corrected chi connectivity index (χ3v) is 43.6. The van der Waals surface area contributed by atoms with Gasteiger partial charge in [0, 0.05) is 84.1 Å². The van der Waals surface area contributed by atoms with Crippen LogP contribution in [0.5, 0.6) is 0 Å². The zero-order valence-electron chi connectivity index (χ0n) is 74.5. The molecular weight excluding hydrogens is 1870 g/mol. The molecule has 4 aliphatic rings. The average Bonchev–Trinajstić information content (AvgIpc) is 1.53. The number of benzene rings is 2. The van der Waals surface area contributed by atoms with Gasteiger partial charge in [0.15, 0.2) is 0 Å². The maximum atomic E-state index is 14.0. The van der Waals surface area contributed by atoms with Crippen molar-refractivity contribution >= 4 is 270 Å². The highest BCUT2D eigenvalue weighted by atomic mass is 35.5. The van der Waals surface area contributed by atoms with E-state index in [1.165, 1.54) is 301 Å². The third-order valence-electron chi connectivity index (χ3n) is 25.8. The Bertz CT molecular complexity index is 5790. The molecule has 11 aromatic rings. The number of thiocarbonyl (C=S) groups is 2. The predicted octanol–water partition coefficient (Wildman–Crippen LogP) is 34.5. The Morgan fingerprint density at radius 2 is 0.730 bits per heavy atom. The largest absolute Gasteiger partial charge is 0.293 e. The summed E-state index contributed by atoms with van der Waals surface area (Å²) in [5, 5.41) is 4.69. The number of amides is 2. The summed E-state index contributed by atoms with van der Waals surface area (Å²) >= 11 is 44.3. The second-order valence-corrected chi connectivity index (χ2v) is 51.4. The van der Waals surface area contributed by atoms with Crippen molar-refractivity contribution in [3.8, 4) is 72.7 Å². The first-order valence-corrected chi connectivity index (χ1v) is 59.8. The maximum absolute atomic E-state index is 14.0. The summed E-state index contributed by atoms with van der Waals surface area (Å²) in [7, 11) is -2.67. The highest BCUT2D eigenvalue weighted by Gasteiger charge is 2.49. The first-order chi connectivity index (χ1) is 61.6. The van der Waals surface area contributed by atoms with E-state index < -0.39 is 8.07 Å². The quantitative estimate of drug-likeness (QED) is 0.0155. The molecule has 13 heterocycles. The summed E-state index contributed by atoms with van der Waals surface area (Å²) in [6, 6.07) is 20.5. The van der Waals surface area contributed by atoms with Gasteiger partial charge in [-0.05, 0) is 122 Å². The van der Waals surface area contributed by atoms with Crippen molar-refractivity contribution in [3.05, 3.63) is 87.9 Å². The van der Waals surface area contributed by atoms with Crippen LogP contribution < -0.4 is 10.4 Å². The van der Waals surface area contributed by atoms with Gasteiger partial charge in [-0.3, -0.25) is 19.4 Å². The van der Waals surface area contributed by atoms with Gasteiger partial charge in [-0.1, -0.05) is 344 Å². The minimum absolute atomic E-state index is 0.0520. The van der Waals surface area contributed by atoms with Gasteiger partial charge in [0.05, 0.1) is 64.4 Å². The number of hydrogen-bond acceptors (Lipinski definition) is 22. The number of halogens is 2. The molecule has 12 nitrogen and oxygen atoms in total. The predicted molar refractivity (Wildman–Crippen MR) is 569 cm³/mol. The summed E-state index contributed by atoms with van der Waals surface area (Å²) < 4.78 is 32.9. The van der Waals surface area contributed by atoms with Crippen LogP contribution >= 0.6 is 163 Å². The van der Waals surface area contributed by atoms with E-state index in [1.807, 2.05) is 71.3 Å². The number of aromatic nitrogens is 6. The van der Waals surface area contributed by atoms with Gasteiger partial charge in [0.2, 0.25) is 0 Å². The molecule has 0 N–H and O–H groups in total. The molecule has 0 bridgehead atoms. The fourth-order valence-electron chi connectivity index (χ4n) is 19.0. The van der Waals surface area contributed by atoms with Gasteiger partial charge >= 0.3 is 0 Å². The van der Waals surface area contributed by atoms with E-state index in [-0.39, 0.29) is 11.8 Å². The zero-order chi connectivity index (χ0) is 87.8. The number of carbonyl (C=O) groups is 2. The van der Waals surface area contributed by atoms with Crippen molar-refractivity contribution < 1.29 is 9.59 Å². The summed E-state index contributed by atoms with van der Waals surface area (Å²) in [5.74, 6) is 0.934. The van der Waals surface area contributed by atoms with Gasteiger partial charge in [-0.15, -0.1) is 68.0 Å². The Morgan fingerprint density at radius 1 is 0.389 bits per heavy atom. The number of rotatable bonds is 52. The molecule has 2 atom stereocenters. The van der Waals surface area contributed by atoms with Crippen LogP contribution in [-0.2, 0) is 33.8 Å². The van der Waals surface area contributed by atoms with E-state index in [4.69, 9.17) is 83.8 Å². The fourth-order valence-corrected chi connectivity index (χ4v) is 38.1. The SMILES string of the molecule is CCCCCCCCC(CCCCCC)Cc1sc(-c2nc3c(-c4ccc(/C=C5/SC(=S)N(CC)C5=O)s4)c4nsnc4c(-c4cc5c(s4)-c4sc(-c6c7c(c(-c8ccc(/C=C9/SC(=S)N(CC)C9=O)s8)c8nsnc68)N=S=N7)cc4[Si]5(CCCCCCCC)CCCCCCCC)c3nc2-c2cc(Cl)c(CC(CCCCCC)CCCCCCCC)s2)cc1Cl. The molecule has 126 heavy (non-hydrogen) atoms.